The molecule has 5 nitrogen and oxygen atoms in total. The third-order valence-corrected chi connectivity index (χ3v) is 3.70. The zero-order valence-corrected chi connectivity index (χ0v) is 10.5. The molecule has 2 saturated heterocycles. The van der Waals surface area contributed by atoms with E-state index in [1.54, 1.807) is 7.11 Å². The van der Waals surface area contributed by atoms with Crippen LogP contribution in [0.3, 0.4) is 0 Å². The van der Waals surface area contributed by atoms with E-state index in [0.717, 1.165) is 39.0 Å². The minimum Gasteiger partial charge on any atom is -0.378 e. The maximum Gasteiger partial charge on any atom is 0.221 e. The Labute approximate surface area is 102 Å². The fourth-order valence-electron chi connectivity index (χ4n) is 2.44. The summed E-state index contributed by atoms with van der Waals surface area (Å²) in [7, 11) is 1.73. The van der Waals surface area contributed by atoms with Crippen LogP contribution in [-0.4, -0.2) is 51.0 Å². The normalized spacial score (nSPS) is 34.4. The van der Waals surface area contributed by atoms with Crippen LogP contribution in [0.5, 0.6) is 0 Å². The van der Waals surface area contributed by atoms with Gasteiger partial charge in [0.1, 0.15) is 5.60 Å². The molecule has 2 fully saturated rings. The Morgan fingerprint density at radius 3 is 3.24 bits per heavy atom. The summed E-state index contributed by atoms with van der Waals surface area (Å²) in [6.45, 7) is 2.98. The van der Waals surface area contributed by atoms with Crippen LogP contribution < -0.4 is 10.6 Å². The lowest BCUT2D eigenvalue weighted by Crippen LogP contribution is -2.46. The van der Waals surface area contributed by atoms with E-state index in [-0.39, 0.29) is 17.6 Å². The van der Waals surface area contributed by atoms with Crippen LogP contribution in [0.2, 0.25) is 0 Å². The zero-order chi connectivity index (χ0) is 12.1. The Kier molecular flexibility index (Phi) is 4.36. The van der Waals surface area contributed by atoms with Gasteiger partial charge in [0.2, 0.25) is 5.91 Å². The summed E-state index contributed by atoms with van der Waals surface area (Å²) in [6, 6.07) is 0.269. The van der Waals surface area contributed by atoms with E-state index >= 15 is 0 Å². The lowest BCUT2D eigenvalue weighted by molar-refractivity contribution is -0.121. The van der Waals surface area contributed by atoms with Crippen molar-refractivity contribution in [2.45, 2.75) is 37.3 Å². The summed E-state index contributed by atoms with van der Waals surface area (Å²) < 4.78 is 11.0. The van der Waals surface area contributed by atoms with E-state index in [0.29, 0.717) is 13.0 Å². The van der Waals surface area contributed by atoms with Crippen LogP contribution in [0.15, 0.2) is 0 Å². The lowest BCUT2D eigenvalue weighted by atomic mass is 10.0. The smallest absolute Gasteiger partial charge is 0.221 e. The molecule has 0 bridgehead atoms. The van der Waals surface area contributed by atoms with Crippen molar-refractivity contribution in [3.8, 4) is 0 Å². The molecule has 0 spiro atoms. The molecular formula is C12H22N2O3. The Bertz CT molecular complexity index is 264. The largest absolute Gasteiger partial charge is 0.378 e. The summed E-state index contributed by atoms with van der Waals surface area (Å²) in [5.41, 5.74) is -0.192. The van der Waals surface area contributed by atoms with Crippen LogP contribution in [0.25, 0.3) is 0 Å². The van der Waals surface area contributed by atoms with Crippen LogP contribution in [0.4, 0.5) is 0 Å². The van der Waals surface area contributed by atoms with E-state index in [1.807, 2.05) is 0 Å². The molecule has 0 aromatic carbocycles. The molecule has 5 heteroatoms. The average molecular weight is 242 g/mol. The van der Waals surface area contributed by atoms with Gasteiger partial charge >= 0.3 is 0 Å². The molecule has 2 aliphatic heterocycles. The Hall–Kier alpha value is -0.650. The fourth-order valence-corrected chi connectivity index (χ4v) is 2.44. The second-order valence-corrected chi connectivity index (χ2v) is 4.96. The van der Waals surface area contributed by atoms with Gasteiger partial charge in [0, 0.05) is 45.7 Å². The van der Waals surface area contributed by atoms with Crippen molar-refractivity contribution in [3.05, 3.63) is 0 Å². The first kappa shape index (κ1) is 12.8. The first-order valence-electron chi connectivity index (χ1n) is 6.37. The molecule has 0 saturated carbocycles. The molecule has 2 heterocycles. The van der Waals surface area contributed by atoms with Gasteiger partial charge < -0.3 is 20.1 Å². The number of hydrogen-bond acceptors (Lipinski definition) is 4. The molecule has 2 atom stereocenters. The van der Waals surface area contributed by atoms with E-state index in [1.165, 1.54) is 0 Å². The highest BCUT2D eigenvalue weighted by Crippen LogP contribution is 2.22. The van der Waals surface area contributed by atoms with Crippen molar-refractivity contribution in [1.82, 2.24) is 10.6 Å². The third-order valence-electron chi connectivity index (χ3n) is 3.70. The molecule has 2 rings (SSSR count). The van der Waals surface area contributed by atoms with Crippen LogP contribution in [0, 0.1) is 0 Å². The Morgan fingerprint density at radius 2 is 2.53 bits per heavy atom. The number of rotatable bonds is 4. The van der Waals surface area contributed by atoms with Gasteiger partial charge in [-0.05, 0) is 12.8 Å². The molecule has 0 aliphatic carbocycles. The predicted molar refractivity (Wildman–Crippen MR) is 63.8 cm³/mol. The third kappa shape index (κ3) is 3.40. The minimum atomic E-state index is -0.192. The molecule has 0 radical (unpaired) electrons. The second-order valence-electron chi connectivity index (χ2n) is 4.96. The molecule has 2 N–H and O–H groups in total. The number of ether oxygens (including phenoxy) is 2. The molecule has 0 aromatic rings. The van der Waals surface area contributed by atoms with Gasteiger partial charge in [0.25, 0.3) is 0 Å². The molecule has 2 aliphatic rings. The monoisotopic (exact) mass is 242 g/mol. The van der Waals surface area contributed by atoms with Crippen LogP contribution in [-0.2, 0) is 14.3 Å². The first-order valence-corrected chi connectivity index (χ1v) is 6.37. The van der Waals surface area contributed by atoms with Crippen molar-refractivity contribution in [3.63, 3.8) is 0 Å². The molecule has 17 heavy (non-hydrogen) atoms. The van der Waals surface area contributed by atoms with E-state index in [2.05, 4.69) is 10.6 Å². The van der Waals surface area contributed by atoms with E-state index in [4.69, 9.17) is 9.47 Å². The predicted octanol–water partition coefficient (Wildman–Crippen LogP) is 0.0502. The highest BCUT2D eigenvalue weighted by Gasteiger charge is 2.35. The van der Waals surface area contributed by atoms with Gasteiger partial charge in [-0.1, -0.05) is 0 Å². The maximum absolute atomic E-state index is 11.4. The number of methoxy groups -OCH3 is 1. The summed E-state index contributed by atoms with van der Waals surface area (Å²) in [5, 5.41) is 6.35. The molecular weight excluding hydrogens is 220 g/mol. The van der Waals surface area contributed by atoms with Crippen molar-refractivity contribution in [1.29, 1.82) is 0 Å². The van der Waals surface area contributed by atoms with Crippen molar-refractivity contribution in [2.24, 2.45) is 0 Å². The quantitative estimate of drug-likeness (QED) is 0.731. The zero-order valence-electron chi connectivity index (χ0n) is 10.5. The fraction of sp³-hybridized carbons (Fsp3) is 0.917. The van der Waals surface area contributed by atoms with Gasteiger partial charge in [0.15, 0.2) is 0 Å². The van der Waals surface area contributed by atoms with Gasteiger partial charge in [-0.2, -0.15) is 0 Å². The van der Waals surface area contributed by atoms with Gasteiger partial charge in [-0.3, -0.25) is 4.79 Å². The first-order chi connectivity index (χ1) is 8.24. The lowest BCUT2D eigenvalue weighted by Gasteiger charge is -2.28. The summed E-state index contributed by atoms with van der Waals surface area (Å²) in [6.07, 6.45) is 3.58. The standard InChI is InChI=1S/C12H22N2O3/c1-16-12(4-6-17-9-12)8-14-10-3-2-5-13-11(15)7-10/h10,14H,2-9H2,1H3,(H,13,15). The molecule has 0 aromatic heterocycles. The highest BCUT2D eigenvalue weighted by atomic mass is 16.5. The Morgan fingerprint density at radius 1 is 1.65 bits per heavy atom. The van der Waals surface area contributed by atoms with Crippen molar-refractivity contribution < 1.29 is 14.3 Å². The number of nitrogens with one attached hydrogen (secondary N) is 2. The summed E-state index contributed by atoms with van der Waals surface area (Å²) >= 11 is 0. The highest BCUT2D eigenvalue weighted by molar-refractivity contribution is 5.76. The number of hydrogen-bond donors (Lipinski definition) is 2. The number of amides is 1. The average Bonchev–Trinajstić information content (AvgIpc) is 2.71. The van der Waals surface area contributed by atoms with Crippen LogP contribution >= 0.6 is 0 Å². The SMILES string of the molecule is COC1(CNC2CCCNC(=O)C2)CCOC1. The van der Waals surface area contributed by atoms with Crippen molar-refractivity contribution >= 4 is 5.91 Å². The second kappa shape index (κ2) is 5.80. The molecule has 98 valence electrons. The molecule has 2 unspecified atom stereocenters. The topological polar surface area (TPSA) is 59.6 Å². The summed E-state index contributed by atoms with van der Waals surface area (Å²) in [4.78, 5) is 11.4. The van der Waals surface area contributed by atoms with Crippen molar-refractivity contribution in [2.75, 3.05) is 33.4 Å². The van der Waals surface area contributed by atoms with Gasteiger partial charge in [-0.15, -0.1) is 0 Å². The maximum atomic E-state index is 11.4. The molecule has 1 amide bonds. The van der Waals surface area contributed by atoms with E-state index < -0.39 is 0 Å². The number of carbonyl (C=O) groups excluding carboxylic acids is 1. The number of carbonyl (C=O) groups is 1. The Balaban J connectivity index is 1.81. The minimum absolute atomic E-state index is 0.147. The van der Waals surface area contributed by atoms with E-state index in [9.17, 15) is 4.79 Å². The van der Waals surface area contributed by atoms with Gasteiger partial charge in [-0.25, -0.2) is 0 Å². The van der Waals surface area contributed by atoms with Gasteiger partial charge in [0.05, 0.1) is 6.61 Å². The summed E-state index contributed by atoms with van der Waals surface area (Å²) in [5.74, 6) is 0.147. The van der Waals surface area contributed by atoms with Crippen LogP contribution in [0.1, 0.15) is 25.7 Å².